The van der Waals surface area contributed by atoms with Crippen LogP contribution in [0.1, 0.15) is 23.2 Å². The summed E-state index contributed by atoms with van der Waals surface area (Å²) < 4.78 is 1.66. The summed E-state index contributed by atoms with van der Waals surface area (Å²) in [6, 6.07) is 6.45. The van der Waals surface area contributed by atoms with Gasteiger partial charge in [-0.1, -0.05) is 18.2 Å². The SMILES string of the molecule is O=C(CO)c1cn(CC(=O)N2[C@@H]3C[C@@H]3C[C@H]2C(=O)O)c2ccccc12. The number of nitrogens with zero attached hydrogens (tertiary/aromatic N) is 2. The standard InChI is InChI=1S/C18H18N2O5/c21-9-16(22)12-7-19(13-4-2-1-3-11(12)13)8-17(23)20-14-5-10(14)6-15(20)18(24)25/h1-4,7,10,14-15,21H,5-6,8-9H2,(H,24,25)/t10-,14-,15+/m1/s1. The lowest BCUT2D eigenvalue weighted by atomic mass is 10.1. The van der Waals surface area contributed by atoms with Gasteiger partial charge in [-0.25, -0.2) is 4.79 Å². The first-order chi connectivity index (χ1) is 12.0. The maximum Gasteiger partial charge on any atom is 0.326 e. The maximum atomic E-state index is 12.8. The van der Waals surface area contributed by atoms with Crippen LogP contribution in [-0.4, -0.2) is 56.0 Å². The molecule has 130 valence electrons. The molecule has 2 aromatic rings. The van der Waals surface area contributed by atoms with Gasteiger partial charge in [0.05, 0.1) is 0 Å². The molecule has 0 spiro atoms. The first-order valence-corrected chi connectivity index (χ1v) is 8.27. The minimum atomic E-state index is -0.964. The fraction of sp³-hybridized carbons (Fsp3) is 0.389. The average Bonchev–Trinajstić information content (AvgIpc) is 3.11. The van der Waals surface area contributed by atoms with E-state index in [1.807, 2.05) is 6.07 Å². The third-order valence-electron chi connectivity index (χ3n) is 5.22. The molecule has 2 fully saturated rings. The van der Waals surface area contributed by atoms with Crippen LogP contribution in [0.2, 0.25) is 0 Å². The molecule has 7 nitrogen and oxygen atoms in total. The first-order valence-electron chi connectivity index (χ1n) is 8.27. The molecule has 25 heavy (non-hydrogen) atoms. The highest BCUT2D eigenvalue weighted by atomic mass is 16.4. The van der Waals surface area contributed by atoms with Crippen LogP contribution in [0.5, 0.6) is 0 Å². The number of hydrogen-bond acceptors (Lipinski definition) is 4. The summed E-state index contributed by atoms with van der Waals surface area (Å²) in [5.74, 6) is -1.32. The second-order valence-electron chi connectivity index (χ2n) is 6.72. The number of hydrogen-bond donors (Lipinski definition) is 2. The maximum absolute atomic E-state index is 12.8. The topological polar surface area (TPSA) is 99.8 Å². The van der Waals surface area contributed by atoms with Gasteiger partial charge in [-0.15, -0.1) is 0 Å². The van der Waals surface area contributed by atoms with Crippen molar-refractivity contribution in [1.82, 2.24) is 9.47 Å². The zero-order chi connectivity index (χ0) is 17.7. The molecular weight excluding hydrogens is 324 g/mol. The Morgan fingerprint density at radius 3 is 2.64 bits per heavy atom. The number of Topliss-reactive ketones (excluding diaryl/α,β-unsaturated/α-hetero) is 1. The van der Waals surface area contributed by atoms with E-state index in [2.05, 4.69) is 0 Å². The number of carbonyl (C=O) groups excluding carboxylic acids is 2. The third-order valence-corrected chi connectivity index (χ3v) is 5.22. The summed E-state index contributed by atoms with van der Waals surface area (Å²) in [5, 5.41) is 19.2. The van der Waals surface area contributed by atoms with Gasteiger partial charge in [-0.05, 0) is 24.8 Å². The lowest BCUT2D eigenvalue weighted by molar-refractivity contribution is -0.149. The summed E-state index contributed by atoms with van der Waals surface area (Å²) in [5.41, 5.74) is 1.08. The van der Waals surface area contributed by atoms with Crippen molar-refractivity contribution in [3.8, 4) is 0 Å². The molecule has 2 N–H and O–H groups in total. The second kappa shape index (κ2) is 5.70. The number of aliphatic carboxylic acids is 1. The number of rotatable bonds is 5. The summed E-state index contributed by atoms with van der Waals surface area (Å²) in [6.45, 7) is -0.620. The number of ketones is 1. The number of carbonyl (C=O) groups is 3. The van der Waals surface area contributed by atoms with Gasteiger partial charge in [-0.3, -0.25) is 9.59 Å². The molecule has 1 amide bonds. The zero-order valence-corrected chi connectivity index (χ0v) is 13.5. The van der Waals surface area contributed by atoms with E-state index in [-0.39, 0.29) is 18.5 Å². The van der Waals surface area contributed by atoms with E-state index in [1.54, 1.807) is 29.0 Å². The first kappa shape index (κ1) is 15.8. The highest BCUT2D eigenvalue weighted by Gasteiger charge is 2.56. The van der Waals surface area contributed by atoms with E-state index in [1.165, 1.54) is 4.90 Å². The van der Waals surface area contributed by atoms with Crippen LogP contribution in [0.4, 0.5) is 0 Å². The van der Waals surface area contributed by atoms with E-state index >= 15 is 0 Å². The van der Waals surface area contributed by atoms with E-state index < -0.39 is 24.4 Å². The fourth-order valence-corrected chi connectivity index (χ4v) is 3.95. The molecule has 1 aliphatic carbocycles. The molecule has 1 aliphatic heterocycles. The predicted molar refractivity (Wildman–Crippen MR) is 88.1 cm³/mol. The van der Waals surface area contributed by atoms with Crippen molar-refractivity contribution in [2.45, 2.75) is 31.5 Å². The van der Waals surface area contributed by atoms with Crippen LogP contribution >= 0.6 is 0 Å². The zero-order valence-electron chi connectivity index (χ0n) is 13.5. The lowest BCUT2D eigenvalue weighted by Gasteiger charge is -2.24. The van der Waals surface area contributed by atoms with Gasteiger partial charge in [0.2, 0.25) is 5.91 Å². The van der Waals surface area contributed by atoms with Crippen molar-refractivity contribution in [2.24, 2.45) is 5.92 Å². The van der Waals surface area contributed by atoms with E-state index in [0.717, 1.165) is 6.42 Å². The summed E-state index contributed by atoms with van der Waals surface area (Å²) in [7, 11) is 0. The number of fused-ring (bicyclic) bond motifs is 2. The number of likely N-dealkylation sites (tertiary alicyclic amines) is 1. The van der Waals surface area contributed by atoms with E-state index in [4.69, 9.17) is 5.11 Å². The molecule has 1 saturated carbocycles. The minimum absolute atomic E-state index is 0.0216. The van der Waals surface area contributed by atoms with Gasteiger partial charge in [0.25, 0.3) is 0 Å². The van der Waals surface area contributed by atoms with Gasteiger partial charge in [-0.2, -0.15) is 0 Å². The molecule has 1 aromatic heterocycles. The Morgan fingerprint density at radius 1 is 1.16 bits per heavy atom. The van der Waals surface area contributed by atoms with Gasteiger partial charge in [0.15, 0.2) is 5.78 Å². The summed E-state index contributed by atoms with van der Waals surface area (Å²) in [4.78, 5) is 37.6. The number of aromatic nitrogens is 1. The van der Waals surface area contributed by atoms with Crippen molar-refractivity contribution in [3.05, 3.63) is 36.0 Å². The number of piperidine rings is 1. The van der Waals surface area contributed by atoms with Crippen LogP contribution in [-0.2, 0) is 16.1 Å². The molecule has 1 aromatic carbocycles. The number of benzene rings is 1. The summed E-state index contributed by atoms with van der Waals surface area (Å²) >= 11 is 0. The Labute approximate surface area is 143 Å². The largest absolute Gasteiger partial charge is 0.480 e. The number of carboxylic acids is 1. The van der Waals surface area contributed by atoms with Crippen molar-refractivity contribution >= 4 is 28.6 Å². The fourth-order valence-electron chi connectivity index (χ4n) is 3.95. The highest BCUT2D eigenvalue weighted by Crippen LogP contribution is 2.48. The Kier molecular flexibility index (Phi) is 3.61. The van der Waals surface area contributed by atoms with Crippen molar-refractivity contribution in [1.29, 1.82) is 0 Å². The van der Waals surface area contributed by atoms with Crippen LogP contribution in [0.3, 0.4) is 0 Å². The smallest absolute Gasteiger partial charge is 0.326 e. The van der Waals surface area contributed by atoms with Crippen molar-refractivity contribution in [2.75, 3.05) is 6.61 Å². The van der Waals surface area contributed by atoms with Crippen LogP contribution in [0.15, 0.2) is 30.5 Å². The highest BCUT2D eigenvalue weighted by molar-refractivity contribution is 6.08. The summed E-state index contributed by atoms with van der Waals surface area (Å²) in [6.07, 6.45) is 2.96. The molecule has 2 aliphatic rings. The molecule has 4 rings (SSSR count). The molecule has 3 atom stereocenters. The molecule has 0 unspecified atom stereocenters. The molecular formula is C18H18N2O5. The number of para-hydroxylation sites is 1. The Morgan fingerprint density at radius 2 is 1.92 bits per heavy atom. The lowest BCUT2D eigenvalue weighted by Crippen LogP contribution is -2.44. The van der Waals surface area contributed by atoms with Crippen molar-refractivity contribution in [3.63, 3.8) is 0 Å². The van der Waals surface area contributed by atoms with Crippen LogP contribution < -0.4 is 0 Å². The third kappa shape index (κ3) is 2.51. The Bertz CT molecular complexity index is 887. The number of amides is 1. The van der Waals surface area contributed by atoms with Gasteiger partial charge >= 0.3 is 5.97 Å². The Balaban J connectivity index is 1.66. The van der Waals surface area contributed by atoms with Crippen LogP contribution in [0, 0.1) is 5.92 Å². The normalized spacial score (nSPS) is 24.4. The van der Waals surface area contributed by atoms with Gasteiger partial charge in [0, 0.05) is 28.7 Å². The number of aliphatic hydroxyl groups excluding tert-OH is 1. The minimum Gasteiger partial charge on any atom is -0.480 e. The molecule has 0 radical (unpaired) electrons. The quantitative estimate of drug-likeness (QED) is 0.786. The van der Waals surface area contributed by atoms with E-state index in [0.29, 0.717) is 28.8 Å². The average molecular weight is 342 g/mol. The second-order valence-corrected chi connectivity index (χ2v) is 6.72. The van der Waals surface area contributed by atoms with Crippen molar-refractivity contribution < 1.29 is 24.6 Å². The molecule has 7 heteroatoms. The monoisotopic (exact) mass is 342 g/mol. The van der Waals surface area contributed by atoms with Gasteiger partial charge in [0.1, 0.15) is 19.2 Å². The number of aliphatic hydroxyl groups is 1. The number of carboxylic acid groups (broad SMARTS) is 1. The molecule has 0 bridgehead atoms. The molecule has 2 heterocycles. The van der Waals surface area contributed by atoms with Gasteiger partial charge < -0.3 is 19.7 Å². The van der Waals surface area contributed by atoms with Crippen LogP contribution in [0.25, 0.3) is 10.9 Å². The molecule has 1 saturated heterocycles. The van der Waals surface area contributed by atoms with E-state index in [9.17, 15) is 19.5 Å². The predicted octanol–water partition coefficient (Wildman–Crippen LogP) is 0.890. The Hall–Kier alpha value is -2.67.